The lowest BCUT2D eigenvalue weighted by atomic mass is 10.1. The van der Waals surface area contributed by atoms with Gasteiger partial charge in [0.2, 0.25) is 10.0 Å². The predicted molar refractivity (Wildman–Crippen MR) is 78.5 cm³/mol. The number of amides is 1. The summed E-state index contributed by atoms with van der Waals surface area (Å²) < 4.78 is 24.7. The van der Waals surface area contributed by atoms with Crippen LogP contribution in [-0.4, -0.2) is 27.1 Å². The molecule has 0 bridgehead atoms. The van der Waals surface area contributed by atoms with E-state index in [4.69, 9.17) is 5.84 Å². The SMILES string of the molecule is CS(=O)(=O)N(CC(=O)NN)c1ccc2ccccc2c1. The molecule has 0 atom stereocenters. The Morgan fingerprint density at radius 2 is 1.85 bits per heavy atom. The van der Waals surface area contributed by atoms with E-state index in [1.807, 2.05) is 35.8 Å². The average Bonchev–Trinajstić information content (AvgIpc) is 2.42. The van der Waals surface area contributed by atoms with Gasteiger partial charge in [-0.2, -0.15) is 0 Å². The summed E-state index contributed by atoms with van der Waals surface area (Å²) in [6.45, 7) is -0.353. The summed E-state index contributed by atoms with van der Waals surface area (Å²) in [5.74, 6) is 4.43. The van der Waals surface area contributed by atoms with E-state index in [1.54, 1.807) is 12.1 Å². The Labute approximate surface area is 117 Å². The van der Waals surface area contributed by atoms with E-state index in [0.29, 0.717) is 5.69 Å². The Morgan fingerprint density at radius 3 is 2.45 bits per heavy atom. The normalized spacial score (nSPS) is 11.3. The smallest absolute Gasteiger partial charge is 0.254 e. The number of sulfonamides is 1. The topological polar surface area (TPSA) is 92.5 Å². The highest BCUT2D eigenvalue weighted by Gasteiger charge is 2.20. The average molecular weight is 293 g/mol. The lowest BCUT2D eigenvalue weighted by molar-refractivity contribution is -0.119. The molecule has 2 aromatic rings. The van der Waals surface area contributed by atoms with Gasteiger partial charge < -0.3 is 0 Å². The van der Waals surface area contributed by atoms with E-state index in [1.165, 1.54) is 0 Å². The number of hydrogen-bond donors (Lipinski definition) is 2. The van der Waals surface area contributed by atoms with Gasteiger partial charge in [0, 0.05) is 0 Å². The number of nitrogens with zero attached hydrogens (tertiary/aromatic N) is 1. The molecule has 2 rings (SSSR count). The van der Waals surface area contributed by atoms with Crippen LogP contribution in [0.5, 0.6) is 0 Å². The number of hydrogen-bond acceptors (Lipinski definition) is 4. The molecule has 6 nitrogen and oxygen atoms in total. The lowest BCUT2D eigenvalue weighted by Crippen LogP contribution is -2.42. The van der Waals surface area contributed by atoms with Gasteiger partial charge >= 0.3 is 0 Å². The summed E-state index contributed by atoms with van der Waals surface area (Å²) in [5.41, 5.74) is 2.36. The van der Waals surface area contributed by atoms with Crippen LogP contribution in [0, 0.1) is 0 Å². The van der Waals surface area contributed by atoms with Crippen LogP contribution in [0.3, 0.4) is 0 Å². The van der Waals surface area contributed by atoms with Crippen molar-refractivity contribution in [2.45, 2.75) is 0 Å². The van der Waals surface area contributed by atoms with Gasteiger partial charge in [-0.05, 0) is 22.9 Å². The van der Waals surface area contributed by atoms with Crippen molar-refractivity contribution in [3.63, 3.8) is 0 Å². The van der Waals surface area contributed by atoms with Gasteiger partial charge in [0.25, 0.3) is 5.91 Å². The molecule has 0 fully saturated rings. The number of fused-ring (bicyclic) bond motifs is 1. The molecule has 0 heterocycles. The van der Waals surface area contributed by atoms with Crippen LogP contribution in [0.1, 0.15) is 0 Å². The van der Waals surface area contributed by atoms with Crippen LogP contribution in [0.15, 0.2) is 42.5 Å². The largest absolute Gasteiger partial charge is 0.293 e. The Balaban J connectivity index is 2.48. The molecule has 0 radical (unpaired) electrons. The van der Waals surface area contributed by atoms with Gasteiger partial charge in [-0.3, -0.25) is 14.5 Å². The van der Waals surface area contributed by atoms with E-state index in [-0.39, 0.29) is 6.54 Å². The number of rotatable bonds is 4. The first-order valence-corrected chi connectivity index (χ1v) is 7.72. The third kappa shape index (κ3) is 3.06. The first kappa shape index (κ1) is 14.3. The maximum Gasteiger partial charge on any atom is 0.254 e. The van der Waals surface area contributed by atoms with E-state index in [0.717, 1.165) is 21.3 Å². The van der Waals surface area contributed by atoms with Crippen LogP contribution in [0.4, 0.5) is 5.69 Å². The fourth-order valence-electron chi connectivity index (χ4n) is 1.91. The Kier molecular flexibility index (Phi) is 3.91. The zero-order chi connectivity index (χ0) is 14.8. The molecular formula is C13H15N3O3S. The van der Waals surface area contributed by atoms with Gasteiger partial charge in [-0.1, -0.05) is 30.3 Å². The minimum Gasteiger partial charge on any atom is -0.293 e. The predicted octanol–water partition coefficient (Wildman–Crippen LogP) is 0.596. The van der Waals surface area contributed by atoms with Crippen LogP contribution in [0.2, 0.25) is 0 Å². The zero-order valence-electron chi connectivity index (χ0n) is 10.9. The second-order valence-corrected chi connectivity index (χ2v) is 6.28. The lowest BCUT2D eigenvalue weighted by Gasteiger charge is -2.21. The highest BCUT2D eigenvalue weighted by atomic mass is 32.2. The molecule has 0 aliphatic rings. The van der Waals surface area contributed by atoms with E-state index < -0.39 is 15.9 Å². The maximum atomic E-state index is 11.8. The molecule has 2 aromatic carbocycles. The molecule has 7 heteroatoms. The van der Waals surface area contributed by atoms with Crippen LogP contribution in [0.25, 0.3) is 10.8 Å². The third-order valence-electron chi connectivity index (χ3n) is 2.87. The van der Waals surface area contributed by atoms with Crippen LogP contribution < -0.4 is 15.6 Å². The second-order valence-electron chi connectivity index (χ2n) is 4.37. The summed E-state index contributed by atoms with van der Waals surface area (Å²) in [7, 11) is -3.57. The van der Waals surface area contributed by atoms with Crippen LogP contribution >= 0.6 is 0 Å². The number of carbonyl (C=O) groups is 1. The van der Waals surface area contributed by atoms with Crippen molar-refractivity contribution in [1.29, 1.82) is 0 Å². The molecule has 0 saturated carbocycles. The third-order valence-corrected chi connectivity index (χ3v) is 4.01. The van der Waals surface area contributed by atoms with Gasteiger partial charge in [0.05, 0.1) is 11.9 Å². The highest BCUT2D eigenvalue weighted by Crippen LogP contribution is 2.23. The monoisotopic (exact) mass is 293 g/mol. The van der Waals surface area contributed by atoms with E-state index >= 15 is 0 Å². The molecule has 0 aliphatic carbocycles. The van der Waals surface area contributed by atoms with Crippen molar-refractivity contribution in [3.8, 4) is 0 Å². The molecule has 0 saturated heterocycles. The first-order valence-electron chi connectivity index (χ1n) is 5.88. The van der Waals surface area contributed by atoms with E-state index in [9.17, 15) is 13.2 Å². The van der Waals surface area contributed by atoms with Gasteiger partial charge in [0.15, 0.2) is 0 Å². The molecule has 0 spiro atoms. The molecule has 0 aromatic heterocycles. The standard InChI is InChI=1S/C13H15N3O3S/c1-20(18,19)16(9-13(17)15-14)12-7-6-10-4-2-3-5-11(10)8-12/h2-8H,9,14H2,1H3,(H,15,17). The zero-order valence-corrected chi connectivity index (χ0v) is 11.7. The van der Waals surface area contributed by atoms with Crippen molar-refractivity contribution >= 4 is 32.4 Å². The van der Waals surface area contributed by atoms with Crippen molar-refractivity contribution in [2.24, 2.45) is 5.84 Å². The number of nitrogens with two attached hydrogens (primary N) is 1. The van der Waals surface area contributed by atoms with Crippen LogP contribution in [-0.2, 0) is 14.8 Å². The minimum absolute atomic E-state index is 0.353. The first-order chi connectivity index (χ1) is 9.41. The van der Waals surface area contributed by atoms with Gasteiger partial charge in [0.1, 0.15) is 6.54 Å². The molecule has 3 N–H and O–H groups in total. The number of hydrazine groups is 1. The Morgan fingerprint density at radius 1 is 1.20 bits per heavy atom. The van der Waals surface area contributed by atoms with Crippen molar-refractivity contribution in [2.75, 3.05) is 17.1 Å². The molecular weight excluding hydrogens is 278 g/mol. The molecule has 106 valence electrons. The number of benzene rings is 2. The highest BCUT2D eigenvalue weighted by molar-refractivity contribution is 7.92. The summed E-state index contributed by atoms with van der Waals surface area (Å²) in [4.78, 5) is 11.4. The Bertz CT molecular complexity index is 743. The number of nitrogens with one attached hydrogen (secondary N) is 1. The molecule has 1 amide bonds. The number of anilines is 1. The van der Waals surface area contributed by atoms with Crippen molar-refractivity contribution in [1.82, 2.24) is 5.43 Å². The number of carbonyl (C=O) groups excluding carboxylic acids is 1. The molecule has 20 heavy (non-hydrogen) atoms. The van der Waals surface area contributed by atoms with Crippen molar-refractivity contribution < 1.29 is 13.2 Å². The Hall–Kier alpha value is -2.12. The minimum atomic E-state index is -3.57. The molecule has 0 unspecified atom stereocenters. The van der Waals surface area contributed by atoms with Gasteiger partial charge in [-0.25, -0.2) is 14.3 Å². The summed E-state index contributed by atoms with van der Waals surface area (Å²) in [6, 6.07) is 12.8. The fraction of sp³-hybridized carbons (Fsp3) is 0.154. The quantitative estimate of drug-likeness (QED) is 0.490. The summed E-state index contributed by atoms with van der Waals surface area (Å²) >= 11 is 0. The van der Waals surface area contributed by atoms with Gasteiger partial charge in [-0.15, -0.1) is 0 Å². The van der Waals surface area contributed by atoms with E-state index in [2.05, 4.69) is 0 Å². The second kappa shape index (κ2) is 5.48. The van der Waals surface area contributed by atoms with Crippen molar-refractivity contribution in [3.05, 3.63) is 42.5 Å². The maximum absolute atomic E-state index is 11.8. The summed E-state index contributed by atoms with van der Waals surface area (Å²) in [6.07, 6.45) is 1.05. The molecule has 0 aliphatic heterocycles. The summed E-state index contributed by atoms with van der Waals surface area (Å²) in [5, 5.41) is 1.89. The fourth-order valence-corrected chi connectivity index (χ4v) is 2.76.